The van der Waals surface area contributed by atoms with Gasteiger partial charge in [-0.15, -0.1) is 0 Å². The van der Waals surface area contributed by atoms with Gasteiger partial charge < -0.3 is 0 Å². The SMILES string of the molecule is CCCCc1ccc(N(C(=O)/C=C/c2ccccc2Cl)S(=O)(=O)c2ccccc2)cc1. The van der Waals surface area contributed by atoms with E-state index in [-0.39, 0.29) is 10.6 Å². The maximum atomic E-state index is 13.4. The molecule has 3 aromatic carbocycles. The molecule has 0 radical (unpaired) electrons. The minimum Gasteiger partial charge on any atom is -0.268 e. The van der Waals surface area contributed by atoms with Crippen LogP contribution in [0.25, 0.3) is 6.08 Å². The first-order valence-electron chi connectivity index (χ1n) is 10.1. The molecule has 0 aliphatic rings. The van der Waals surface area contributed by atoms with E-state index in [0.717, 1.165) is 29.1 Å². The third-order valence-electron chi connectivity index (χ3n) is 4.78. The predicted octanol–water partition coefficient (Wildman–Crippen LogP) is 6.12. The van der Waals surface area contributed by atoms with Crippen molar-refractivity contribution in [1.29, 1.82) is 0 Å². The topological polar surface area (TPSA) is 54.5 Å². The van der Waals surface area contributed by atoms with Crippen LogP contribution in [0.5, 0.6) is 0 Å². The summed E-state index contributed by atoms with van der Waals surface area (Å²) in [5.74, 6) is -0.676. The number of rotatable bonds is 8. The molecule has 3 aromatic rings. The monoisotopic (exact) mass is 453 g/mol. The van der Waals surface area contributed by atoms with Gasteiger partial charge in [0, 0.05) is 11.1 Å². The lowest BCUT2D eigenvalue weighted by Crippen LogP contribution is -2.35. The van der Waals surface area contributed by atoms with Crippen molar-refractivity contribution in [3.63, 3.8) is 0 Å². The molecule has 4 nitrogen and oxygen atoms in total. The molecule has 0 aliphatic heterocycles. The van der Waals surface area contributed by atoms with E-state index in [0.29, 0.717) is 10.6 Å². The standard InChI is InChI=1S/C25H24ClNO3S/c1-2-3-9-20-14-17-22(18-15-20)27(31(29,30)23-11-5-4-6-12-23)25(28)19-16-21-10-7-8-13-24(21)26/h4-8,10-19H,2-3,9H2,1H3/b19-16+. The van der Waals surface area contributed by atoms with Gasteiger partial charge in [0.15, 0.2) is 0 Å². The first kappa shape index (κ1) is 22.8. The molecule has 160 valence electrons. The number of carbonyl (C=O) groups is 1. The van der Waals surface area contributed by atoms with Crippen LogP contribution in [-0.4, -0.2) is 14.3 Å². The first-order valence-corrected chi connectivity index (χ1v) is 11.9. The summed E-state index contributed by atoms with van der Waals surface area (Å²) in [7, 11) is -4.10. The lowest BCUT2D eigenvalue weighted by Gasteiger charge is -2.21. The minimum absolute atomic E-state index is 0.0459. The van der Waals surface area contributed by atoms with Gasteiger partial charge in [0.2, 0.25) is 0 Å². The Morgan fingerprint density at radius 3 is 2.23 bits per heavy atom. The molecule has 3 rings (SSSR count). The van der Waals surface area contributed by atoms with Crippen LogP contribution < -0.4 is 4.31 Å². The highest BCUT2D eigenvalue weighted by atomic mass is 35.5. The van der Waals surface area contributed by atoms with Crippen LogP contribution in [-0.2, 0) is 21.2 Å². The van der Waals surface area contributed by atoms with Gasteiger partial charge in [0.1, 0.15) is 0 Å². The number of carbonyl (C=O) groups excluding carboxylic acids is 1. The second kappa shape index (κ2) is 10.4. The molecule has 0 bridgehead atoms. The highest BCUT2D eigenvalue weighted by Crippen LogP contribution is 2.26. The Morgan fingerprint density at radius 2 is 1.58 bits per heavy atom. The average molecular weight is 454 g/mol. The van der Waals surface area contributed by atoms with Crippen molar-refractivity contribution >= 4 is 39.3 Å². The highest BCUT2D eigenvalue weighted by Gasteiger charge is 2.29. The molecule has 0 fully saturated rings. The van der Waals surface area contributed by atoms with E-state index >= 15 is 0 Å². The van der Waals surface area contributed by atoms with Crippen molar-refractivity contribution in [2.24, 2.45) is 0 Å². The molecular formula is C25H24ClNO3S. The zero-order chi connectivity index (χ0) is 22.3. The zero-order valence-corrected chi connectivity index (χ0v) is 18.8. The maximum absolute atomic E-state index is 13.4. The molecular weight excluding hydrogens is 430 g/mol. The maximum Gasteiger partial charge on any atom is 0.271 e. The Labute approximate surface area is 188 Å². The van der Waals surface area contributed by atoms with E-state index in [1.54, 1.807) is 54.6 Å². The Kier molecular flexibility index (Phi) is 7.66. The molecule has 0 saturated heterocycles. The molecule has 0 unspecified atom stereocenters. The molecule has 0 spiro atoms. The minimum atomic E-state index is -4.10. The number of sulfonamides is 1. The number of benzene rings is 3. The van der Waals surface area contributed by atoms with E-state index < -0.39 is 15.9 Å². The molecule has 0 saturated carbocycles. The second-order valence-electron chi connectivity index (χ2n) is 7.05. The van der Waals surface area contributed by atoms with Crippen molar-refractivity contribution in [2.45, 2.75) is 31.1 Å². The number of aryl methyl sites for hydroxylation is 1. The molecule has 0 aliphatic carbocycles. The fourth-order valence-corrected chi connectivity index (χ4v) is 4.71. The van der Waals surface area contributed by atoms with Crippen molar-refractivity contribution in [3.05, 3.63) is 101 Å². The zero-order valence-electron chi connectivity index (χ0n) is 17.2. The van der Waals surface area contributed by atoms with E-state index in [1.807, 2.05) is 12.1 Å². The fourth-order valence-electron chi connectivity index (χ4n) is 3.10. The summed E-state index contributed by atoms with van der Waals surface area (Å²) in [6.07, 6.45) is 5.77. The molecule has 6 heteroatoms. The number of unbranched alkanes of at least 4 members (excludes halogenated alkanes) is 1. The Balaban J connectivity index is 2.00. The third-order valence-corrected chi connectivity index (χ3v) is 6.87. The lowest BCUT2D eigenvalue weighted by molar-refractivity contribution is -0.113. The fraction of sp³-hybridized carbons (Fsp3) is 0.160. The third kappa shape index (κ3) is 5.63. The lowest BCUT2D eigenvalue weighted by atomic mass is 10.1. The van der Waals surface area contributed by atoms with Gasteiger partial charge in [0.05, 0.1) is 10.6 Å². The van der Waals surface area contributed by atoms with E-state index in [9.17, 15) is 13.2 Å². The van der Waals surface area contributed by atoms with Crippen LogP contribution >= 0.6 is 11.6 Å². The summed E-state index contributed by atoms with van der Waals surface area (Å²) >= 11 is 6.15. The quantitative estimate of drug-likeness (QED) is 0.386. The normalized spacial score (nSPS) is 11.5. The van der Waals surface area contributed by atoms with Gasteiger partial charge in [-0.1, -0.05) is 73.5 Å². The largest absolute Gasteiger partial charge is 0.271 e. The Hall–Kier alpha value is -2.89. The number of hydrogen-bond donors (Lipinski definition) is 0. The Morgan fingerprint density at radius 1 is 0.935 bits per heavy atom. The second-order valence-corrected chi connectivity index (χ2v) is 9.24. The summed E-state index contributed by atoms with van der Waals surface area (Å²) in [5, 5.41) is 0.476. The summed E-state index contributed by atoms with van der Waals surface area (Å²) in [6.45, 7) is 2.12. The number of amides is 1. The van der Waals surface area contributed by atoms with Crippen LogP contribution in [0.1, 0.15) is 30.9 Å². The van der Waals surface area contributed by atoms with E-state index in [2.05, 4.69) is 6.92 Å². The van der Waals surface area contributed by atoms with E-state index in [1.165, 1.54) is 24.3 Å². The van der Waals surface area contributed by atoms with Gasteiger partial charge in [-0.25, -0.2) is 8.42 Å². The van der Waals surface area contributed by atoms with Crippen LogP contribution in [0.3, 0.4) is 0 Å². The van der Waals surface area contributed by atoms with Gasteiger partial charge in [-0.05, 0) is 60.4 Å². The molecule has 0 atom stereocenters. The van der Waals surface area contributed by atoms with Crippen molar-refractivity contribution in [2.75, 3.05) is 4.31 Å². The number of nitrogens with zero attached hydrogens (tertiary/aromatic N) is 1. The van der Waals surface area contributed by atoms with Gasteiger partial charge in [-0.3, -0.25) is 4.79 Å². The van der Waals surface area contributed by atoms with Crippen LogP contribution in [0.4, 0.5) is 5.69 Å². The molecule has 0 heterocycles. The number of halogens is 1. The Bertz CT molecular complexity index is 1160. The van der Waals surface area contributed by atoms with Crippen LogP contribution in [0.2, 0.25) is 5.02 Å². The molecule has 1 amide bonds. The van der Waals surface area contributed by atoms with Gasteiger partial charge >= 0.3 is 0 Å². The average Bonchev–Trinajstić information content (AvgIpc) is 2.78. The predicted molar refractivity (Wildman–Crippen MR) is 127 cm³/mol. The summed E-state index contributed by atoms with van der Waals surface area (Å²) < 4.78 is 27.5. The molecule has 31 heavy (non-hydrogen) atoms. The molecule has 0 aromatic heterocycles. The number of anilines is 1. The molecule has 0 N–H and O–H groups in total. The van der Waals surface area contributed by atoms with Crippen LogP contribution in [0.15, 0.2) is 89.8 Å². The van der Waals surface area contributed by atoms with Crippen LogP contribution in [0, 0.1) is 0 Å². The van der Waals surface area contributed by atoms with Crippen molar-refractivity contribution in [1.82, 2.24) is 0 Å². The smallest absolute Gasteiger partial charge is 0.268 e. The first-order chi connectivity index (χ1) is 14.9. The van der Waals surface area contributed by atoms with E-state index in [4.69, 9.17) is 11.6 Å². The summed E-state index contributed by atoms with van der Waals surface area (Å²) in [4.78, 5) is 13.2. The van der Waals surface area contributed by atoms with Gasteiger partial charge in [0.25, 0.3) is 15.9 Å². The van der Waals surface area contributed by atoms with Gasteiger partial charge in [-0.2, -0.15) is 4.31 Å². The van der Waals surface area contributed by atoms with Crippen molar-refractivity contribution in [3.8, 4) is 0 Å². The summed E-state index contributed by atoms with van der Waals surface area (Å²) in [6, 6.07) is 22.1. The highest BCUT2D eigenvalue weighted by molar-refractivity contribution is 7.93. The summed E-state index contributed by atoms with van der Waals surface area (Å²) in [5.41, 5.74) is 2.02. The van der Waals surface area contributed by atoms with Crippen molar-refractivity contribution < 1.29 is 13.2 Å². The number of hydrogen-bond acceptors (Lipinski definition) is 3.